The van der Waals surface area contributed by atoms with E-state index >= 15 is 0 Å². The average Bonchev–Trinajstić information content (AvgIpc) is 3.18. The molecule has 23 heavy (non-hydrogen) atoms. The summed E-state index contributed by atoms with van der Waals surface area (Å²) in [4.78, 5) is 21.1. The number of nitrogens with zero attached hydrogens (tertiary/aromatic N) is 3. The van der Waals surface area contributed by atoms with E-state index < -0.39 is 11.8 Å². The minimum absolute atomic E-state index is 0.162. The Hall–Kier alpha value is -2.94. The van der Waals surface area contributed by atoms with Gasteiger partial charge in [0.1, 0.15) is 17.8 Å². The molecule has 118 valence electrons. The van der Waals surface area contributed by atoms with Crippen LogP contribution in [0.15, 0.2) is 47.3 Å². The van der Waals surface area contributed by atoms with Gasteiger partial charge in [0.15, 0.2) is 5.13 Å². The van der Waals surface area contributed by atoms with Crippen LogP contribution in [0.2, 0.25) is 0 Å². The van der Waals surface area contributed by atoms with Crippen molar-refractivity contribution in [3.05, 3.63) is 48.7 Å². The van der Waals surface area contributed by atoms with Crippen LogP contribution in [-0.2, 0) is 0 Å². The van der Waals surface area contributed by atoms with Gasteiger partial charge in [-0.05, 0) is 12.1 Å². The van der Waals surface area contributed by atoms with Crippen LogP contribution in [0, 0.1) is 5.82 Å². The van der Waals surface area contributed by atoms with Crippen molar-refractivity contribution in [2.45, 2.75) is 0 Å². The zero-order valence-electron chi connectivity index (χ0n) is 11.9. The molecule has 0 atom stereocenters. The maximum absolute atomic E-state index is 13.1. The Bertz CT molecular complexity index is 806. The Morgan fingerprint density at radius 2 is 2.30 bits per heavy atom. The molecular weight excluding hydrogens is 323 g/mol. The fourth-order valence-corrected chi connectivity index (χ4v) is 2.33. The summed E-state index contributed by atoms with van der Waals surface area (Å²) in [6.45, 7) is 0. The van der Waals surface area contributed by atoms with E-state index in [9.17, 15) is 9.18 Å². The van der Waals surface area contributed by atoms with Crippen molar-refractivity contribution < 1.29 is 18.3 Å². The molecule has 2 aromatic heterocycles. The molecule has 0 aliphatic rings. The summed E-state index contributed by atoms with van der Waals surface area (Å²) >= 11 is 1.11. The number of benzene rings is 1. The summed E-state index contributed by atoms with van der Waals surface area (Å²) < 4.78 is 23.6. The number of hydrogen-bond acceptors (Lipinski definition) is 6. The number of carbonyl (C=O) groups is 1. The minimum Gasteiger partial charge on any atom is -0.445 e. The predicted octanol–water partition coefficient (Wildman–Crippen LogP) is 3.73. The highest BCUT2D eigenvalue weighted by Gasteiger charge is 2.16. The van der Waals surface area contributed by atoms with E-state index in [4.69, 9.17) is 9.15 Å². The monoisotopic (exact) mass is 334 g/mol. The quantitative estimate of drug-likeness (QED) is 0.786. The molecule has 1 N–H and O–H groups in total. The first kappa shape index (κ1) is 15.0. The summed E-state index contributed by atoms with van der Waals surface area (Å²) in [5.41, 5.74) is 0. The number of rotatable bonds is 4. The summed E-state index contributed by atoms with van der Waals surface area (Å²) in [6.07, 6.45) is 4.25. The Morgan fingerprint density at radius 1 is 1.43 bits per heavy atom. The highest BCUT2D eigenvalue weighted by atomic mass is 32.1. The molecule has 3 aromatic rings. The van der Waals surface area contributed by atoms with Crippen molar-refractivity contribution in [2.75, 3.05) is 17.3 Å². The van der Waals surface area contributed by atoms with Crippen LogP contribution in [0.3, 0.4) is 0 Å². The largest absolute Gasteiger partial charge is 0.445 e. The molecule has 0 bridgehead atoms. The van der Waals surface area contributed by atoms with Crippen LogP contribution in [0.5, 0.6) is 10.8 Å². The Kier molecular flexibility index (Phi) is 4.20. The first-order chi connectivity index (χ1) is 11.1. The number of oxazole rings is 1. The molecule has 2 amide bonds. The molecular formula is C14H11FN4O3S. The Balaban J connectivity index is 1.64. The van der Waals surface area contributed by atoms with E-state index in [1.54, 1.807) is 12.1 Å². The first-order valence-corrected chi connectivity index (χ1v) is 7.27. The number of thiazole rings is 1. The standard InChI is InChI=1S/C14H11FN4O3S/c1-19(14-16-5-6-21-14)13(20)18-12-17-8-11(23-12)22-10-4-2-3-9(15)7-10/h2-8H,1H3,(H,17,18,20). The molecule has 0 fully saturated rings. The maximum Gasteiger partial charge on any atom is 0.331 e. The molecule has 0 aliphatic carbocycles. The summed E-state index contributed by atoms with van der Waals surface area (Å²) in [7, 11) is 1.51. The first-order valence-electron chi connectivity index (χ1n) is 6.45. The normalized spacial score (nSPS) is 10.3. The SMILES string of the molecule is CN(C(=O)Nc1ncc(Oc2cccc(F)c2)s1)c1ncco1. The number of nitrogens with one attached hydrogen (secondary N) is 1. The lowest BCUT2D eigenvalue weighted by Crippen LogP contribution is -2.31. The molecule has 0 spiro atoms. The molecule has 0 unspecified atom stereocenters. The van der Waals surface area contributed by atoms with Gasteiger partial charge in [-0.25, -0.2) is 19.2 Å². The lowest BCUT2D eigenvalue weighted by atomic mass is 10.3. The van der Waals surface area contributed by atoms with Crippen molar-refractivity contribution >= 4 is 28.5 Å². The molecule has 0 saturated heterocycles. The lowest BCUT2D eigenvalue weighted by molar-refractivity contribution is 0.257. The van der Waals surface area contributed by atoms with Gasteiger partial charge in [-0.2, -0.15) is 0 Å². The molecule has 0 saturated carbocycles. The molecule has 7 nitrogen and oxygen atoms in total. The van der Waals surface area contributed by atoms with Crippen molar-refractivity contribution in [3.8, 4) is 10.8 Å². The van der Waals surface area contributed by atoms with Crippen molar-refractivity contribution in [1.82, 2.24) is 9.97 Å². The third-order valence-corrected chi connectivity index (χ3v) is 3.51. The third-order valence-electron chi connectivity index (χ3n) is 2.72. The lowest BCUT2D eigenvalue weighted by Gasteiger charge is -2.11. The van der Waals surface area contributed by atoms with Crippen molar-refractivity contribution in [1.29, 1.82) is 0 Å². The summed E-state index contributed by atoms with van der Waals surface area (Å²) in [5, 5.41) is 3.34. The van der Waals surface area contributed by atoms with E-state index in [1.807, 2.05) is 0 Å². The van der Waals surface area contributed by atoms with Crippen LogP contribution in [0.25, 0.3) is 0 Å². The highest BCUT2D eigenvalue weighted by Crippen LogP contribution is 2.30. The van der Waals surface area contributed by atoms with Gasteiger partial charge in [-0.3, -0.25) is 10.2 Å². The number of halogens is 1. The molecule has 3 rings (SSSR count). The van der Waals surface area contributed by atoms with Gasteiger partial charge in [0.25, 0.3) is 0 Å². The average molecular weight is 334 g/mol. The van der Waals surface area contributed by atoms with Gasteiger partial charge < -0.3 is 9.15 Å². The zero-order chi connectivity index (χ0) is 16.2. The van der Waals surface area contributed by atoms with Gasteiger partial charge >= 0.3 is 12.0 Å². The molecule has 2 heterocycles. The number of ether oxygens (including phenoxy) is 1. The van der Waals surface area contributed by atoms with Gasteiger partial charge in [-0.15, -0.1) is 0 Å². The number of aromatic nitrogens is 2. The number of amides is 2. The van der Waals surface area contributed by atoms with E-state index in [1.165, 1.54) is 42.7 Å². The second-order valence-corrected chi connectivity index (χ2v) is 5.34. The zero-order valence-corrected chi connectivity index (χ0v) is 12.7. The summed E-state index contributed by atoms with van der Waals surface area (Å²) in [5.74, 6) is -0.0449. The van der Waals surface area contributed by atoms with Gasteiger partial charge in [-0.1, -0.05) is 17.4 Å². The van der Waals surface area contributed by atoms with Gasteiger partial charge in [0.2, 0.25) is 5.06 Å². The van der Waals surface area contributed by atoms with Crippen molar-refractivity contribution in [3.63, 3.8) is 0 Å². The fourth-order valence-electron chi connectivity index (χ4n) is 1.65. The van der Waals surface area contributed by atoms with E-state index in [-0.39, 0.29) is 6.01 Å². The smallest absolute Gasteiger partial charge is 0.331 e. The van der Waals surface area contributed by atoms with Gasteiger partial charge in [0.05, 0.1) is 12.4 Å². The fraction of sp³-hybridized carbons (Fsp3) is 0.0714. The van der Waals surface area contributed by atoms with Crippen molar-refractivity contribution in [2.24, 2.45) is 0 Å². The van der Waals surface area contributed by atoms with Crippen LogP contribution in [-0.4, -0.2) is 23.0 Å². The molecule has 0 radical (unpaired) electrons. The topological polar surface area (TPSA) is 80.5 Å². The van der Waals surface area contributed by atoms with E-state index in [0.29, 0.717) is 15.9 Å². The molecule has 0 aliphatic heterocycles. The van der Waals surface area contributed by atoms with Crippen LogP contribution >= 0.6 is 11.3 Å². The number of urea groups is 1. The Labute approximate surface area is 134 Å². The molecule has 1 aromatic carbocycles. The van der Waals surface area contributed by atoms with Crippen LogP contribution in [0.4, 0.5) is 20.3 Å². The number of hydrogen-bond donors (Lipinski definition) is 1. The van der Waals surface area contributed by atoms with Gasteiger partial charge in [0, 0.05) is 13.1 Å². The predicted molar refractivity (Wildman–Crippen MR) is 82.5 cm³/mol. The van der Waals surface area contributed by atoms with E-state index in [2.05, 4.69) is 15.3 Å². The molecule has 9 heteroatoms. The second-order valence-electron chi connectivity index (χ2n) is 4.35. The highest BCUT2D eigenvalue weighted by molar-refractivity contribution is 7.17. The maximum atomic E-state index is 13.1. The number of carbonyl (C=O) groups excluding carboxylic acids is 1. The summed E-state index contributed by atoms with van der Waals surface area (Å²) in [6, 6.07) is 5.45. The Morgan fingerprint density at radius 3 is 3.04 bits per heavy atom. The second kappa shape index (κ2) is 6.44. The van der Waals surface area contributed by atoms with E-state index in [0.717, 1.165) is 11.3 Å². The number of anilines is 2. The van der Waals surface area contributed by atoms with Crippen LogP contribution < -0.4 is 15.0 Å². The van der Waals surface area contributed by atoms with Crippen LogP contribution in [0.1, 0.15) is 0 Å². The minimum atomic E-state index is -0.459. The third kappa shape index (κ3) is 3.64.